The van der Waals surface area contributed by atoms with Crippen molar-refractivity contribution in [1.82, 2.24) is 58.6 Å². The molecule has 48 nitrogen and oxygen atoms in total. The molecule has 144 heavy (non-hydrogen) atoms. The second-order valence-corrected chi connectivity index (χ2v) is 44.7. The molecule has 8 heterocycles. The first kappa shape index (κ1) is 118. The summed E-state index contributed by atoms with van der Waals surface area (Å²) in [5.74, 6) is -1.89. The van der Waals surface area contributed by atoms with Crippen LogP contribution in [0.15, 0.2) is 209 Å². The molecule has 0 saturated carbocycles. The van der Waals surface area contributed by atoms with Crippen molar-refractivity contribution in [3.63, 3.8) is 0 Å². The first-order valence-corrected chi connectivity index (χ1v) is 52.2. The monoisotopic (exact) mass is 2180 g/mol. The van der Waals surface area contributed by atoms with Crippen LogP contribution in [-0.2, 0) is 93.4 Å². The number of H-pyrrole nitrogens is 4. The number of aromatic amines is 4. The predicted octanol–water partition coefficient (Wildman–Crippen LogP) is 7.70. The Morgan fingerprint density at radius 2 is 0.486 bits per heavy atom. The van der Waals surface area contributed by atoms with Gasteiger partial charge in [-0.25, -0.2) is 37.4 Å². The van der Waals surface area contributed by atoms with E-state index in [9.17, 15) is 96.2 Å². The van der Waals surface area contributed by atoms with Gasteiger partial charge in [0.2, 0.25) is 0 Å². The maximum absolute atomic E-state index is 13.6. The van der Waals surface area contributed by atoms with Crippen LogP contribution >= 0.6 is 77.4 Å². The SMILES string of the molecule is CC(C)OC(=O)[C@@H](C)NP(=O)(OC[C@H]1O[C@@H](n2ccc(=O)[nH]c2=O)[C@](C)(Cl)[C@@H]1O)Oc1ccccc1.CC(C)OC(=O)[C@@H](C)NP(=O)(OC[C@H]1O[C@@H](n2ccc(=O)[nH]c2=O)[C@](C)(Cl)[C@@H]1O)Oc1ccccc1.CC(C)OC(=O)[C@H](C)NP(=O)(OC[C@H]1O[C@@H](n2ccc(=O)[nH]c2=O)[C@](C)(Cl)[C@@H]1O)Oc1ccccc1.CC(C)OC(=O)[C@H](C)NP(=O)(OC[C@H]1O[C@@H](n2ccc(=O)[nH]c2=O)[C@](C)(Cl)[C@@H]1O)Oc1ccccc1. The molecule has 0 bridgehead atoms. The molecule has 56 heteroatoms. The highest BCUT2D eigenvalue weighted by Gasteiger charge is 2.59. The molecule has 24 atom stereocenters. The van der Waals surface area contributed by atoms with Gasteiger partial charge in [-0.15, -0.1) is 46.4 Å². The average Bonchev–Trinajstić information content (AvgIpc) is 1.63. The van der Waals surface area contributed by atoms with E-state index in [2.05, 4.69) is 40.3 Å². The van der Waals surface area contributed by atoms with Gasteiger partial charge in [0, 0.05) is 49.1 Å². The Kier molecular flexibility index (Phi) is 41.4. The molecule has 12 rings (SSSR count). The first-order valence-electron chi connectivity index (χ1n) is 44.5. The highest BCUT2D eigenvalue weighted by atomic mass is 35.5. The van der Waals surface area contributed by atoms with Crippen LogP contribution < -0.4 is 83.4 Å². The molecule has 792 valence electrons. The molecule has 4 saturated heterocycles. The number of esters is 4. The second-order valence-electron chi connectivity index (χ2n) is 34.7. The summed E-state index contributed by atoms with van der Waals surface area (Å²) in [4.78, 5) is 146. The molecule has 4 aliphatic heterocycles. The molecule has 4 aromatic carbocycles. The van der Waals surface area contributed by atoms with Gasteiger partial charge in [0.05, 0.1) is 50.8 Å². The Bertz CT molecular complexity index is 5620. The summed E-state index contributed by atoms with van der Waals surface area (Å²) in [6.45, 7) is 23.0. The third kappa shape index (κ3) is 32.1. The van der Waals surface area contributed by atoms with Crippen molar-refractivity contribution in [2.75, 3.05) is 26.4 Å². The Hall–Kier alpha value is -9.88. The van der Waals surface area contributed by atoms with E-state index in [1.165, 1.54) is 80.2 Å². The number of alkyl halides is 4. The molecule has 4 fully saturated rings. The highest BCUT2D eigenvalue weighted by molar-refractivity contribution is 7.53. The van der Waals surface area contributed by atoms with Crippen molar-refractivity contribution in [3.05, 3.63) is 254 Å². The number of aliphatic hydroxyl groups excluding tert-OH is 4. The van der Waals surface area contributed by atoms with Gasteiger partial charge in [-0.2, -0.15) is 20.3 Å². The largest absolute Gasteiger partial charge is 0.462 e. The number of para-hydroxylation sites is 4. The van der Waals surface area contributed by atoms with E-state index in [1.807, 2.05) is 0 Å². The third-order valence-corrected chi connectivity index (χ3v) is 29.2. The van der Waals surface area contributed by atoms with Gasteiger partial charge in [-0.05, 0) is 159 Å². The minimum absolute atomic E-state index is 0.200. The fourth-order valence-electron chi connectivity index (χ4n) is 13.9. The van der Waals surface area contributed by atoms with Crippen molar-refractivity contribution in [2.45, 2.75) is 253 Å². The number of aromatic nitrogens is 8. The minimum atomic E-state index is -4.22. The molecule has 0 aliphatic carbocycles. The van der Waals surface area contributed by atoms with E-state index < -0.39 is 268 Å². The lowest BCUT2D eigenvalue weighted by molar-refractivity contribution is -0.150. The number of hydrogen-bond acceptors (Lipinski definition) is 36. The summed E-state index contributed by atoms with van der Waals surface area (Å²) in [5.41, 5.74) is -5.59. The number of aliphatic hydroxyl groups is 4. The summed E-state index contributed by atoms with van der Waals surface area (Å²) >= 11 is 26.1. The van der Waals surface area contributed by atoms with Gasteiger partial charge >= 0.3 is 77.6 Å². The fourth-order valence-corrected chi connectivity index (χ4v) is 21.1. The second kappa shape index (κ2) is 50.7. The maximum atomic E-state index is 13.6. The van der Waals surface area contributed by atoms with E-state index in [0.717, 1.165) is 42.5 Å². The van der Waals surface area contributed by atoms with Gasteiger partial charge in [0.25, 0.3) is 22.2 Å². The van der Waals surface area contributed by atoms with E-state index in [1.54, 1.807) is 177 Å². The number of benzene rings is 4. The maximum Gasteiger partial charge on any atom is 0.459 e. The standard InChI is InChI=1S/4C22H29ClN3O9P/c4*1-13(2)33-19(29)14(3)25-36(31,35-15-8-6-5-7-9-15)32-12-16-18(28)22(4,23)20(34-16)26-11-10-17(27)24-21(26)30/h4*5-11,13-14,16,18,20,28H,12H2,1-4H3,(H,25,31)(H,24,27,30)/t2*14-,16+,18+,20+,22+,36?;2*14-,16-,18-,20-,22-,36?/m0011/s1. The van der Waals surface area contributed by atoms with Crippen LogP contribution in [0.1, 0.15) is 136 Å². The molecule has 12 N–H and O–H groups in total. The molecule has 0 radical (unpaired) electrons. The molecule has 4 unspecified atom stereocenters. The van der Waals surface area contributed by atoms with Crippen LogP contribution in [0.4, 0.5) is 0 Å². The van der Waals surface area contributed by atoms with Gasteiger partial charge in [0.15, 0.2) is 24.9 Å². The van der Waals surface area contributed by atoms with Gasteiger partial charge in [-0.1, -0.05) is 72.8 Å². The van der Waals surface area contributed by atoms with Crippen molar-refractivity contribution in [3.8, 4) is 23.0 Å². The summed E-state index contributed by atoms with van der Waals surface area (Å²) in [7, 11) is -16.9. The quantitative estimate of drug-likeness (QED) is 0.00757. The van der Waals surface area contributed by atoms with Crippen molar-refractivity contribution in [1.29, 1.82) is 0 Å². The Morgan fingerprint density at radius 1 is 0.319 bits per heavy atom. The number of ether oxygens (including phenoxy) is 8. The van der Waals surface area contributed by atoms with Crippen LogP contribution in [0.5, 0.6) is 23.0 Å². The van der Waals surface area contributed by atoms with Gasteiger partial charge in [0.1, 0.15) is 115 Å². The molecule has 4 aromatic heterocycles. The topological polar surface area (TPSA) is 633 Å². The van der Waals surface area contributed by atoms with E-state index in [-0.39, 0.29) is 23.0 Å². The number of carbonyl (C=O) groups is 4. The van der Waals surface area contributed by atoms with Crippen molar-refractivity contribution >= 4 is 101 Å². The van der Waals surface area contributed by atoms with Gasteiger partial charge < -0.3 is 76.4 Å². The molecule has 4 aliphatic rings. The highest BCUT2D eigenvalue weighted by Crippen LogP contribution is 2.54. The number of hydrogen-bond donors (Lipinski definition) is 12. The number of rotatable bonds is 40. The van der Waals surface area contributed by atoms with Crippen LogP contribution in [-0.4, -0.2) is 226 Å². The number of nitrogens with one attached hydrogen (secondary N) is 8. The third-order valence-electron chi connectivity index (χ3n) is 21.0. The Balaban J connectivity index is 0.000000214. The molecular formula is C88H116Cl4N12O36P4. The summed E-state index contributed by atoms with van der Waals surface area (Å²) in [6.07, 6.45) is -11.7. The van der Waals surface area contributed by atoms with Crippen LogP contribution in [0.2, 0.25) is 0 Å². The number of nitrogens with zero attached hydrogens (tertiary/aromatic N) is 4. The zero-order valence-electron chi connectivity index (χ0n) is 80.5. The van der Waals surface area contributed by atoms with Crippen LogP contribution in [0.25, 0.3) is 0 Å². The Morgan fingerprint density at radius 3 is 0.639 bits per heavy atom. The lowest BCUT2D eigenvalue weighted by Crippen LogP contribution is -2.43. The van der Waals surface area contributed by atoms with Crippen LogP contribution in [0.3, 0.4) is 0 Å². The smallest absolute Gasteiger partial charge is 0.459 e. The van der Waals surface area contributed by atoms with Gasteiger partial charge in [-0.3, -0.25) is 94.7 Å². The summed E-state index contributed by atoms with van der Waals surface area (Å²) in [6, 6.07) is 32.7. The van der Waals surface area contributed by atoms with Crippen LogP contribution in [0, 0.1) is 0 Å². The van der Waals surface area contributed by atoms with E-state index in [4.69, 9.17) is 120 Å². The summed E-state index contributed by atoms with van der Waals surface area (Å²) in [5, 5.41) is 53.3. The molecule has 8 aromatic rings. The minimum Gasteiger partial charge on any atom is -0.462 e. The number of halogens is 4. The number of carbonyl (C=O) groups excluding carboxylic acids is 4. The van der Waals surface area contributed by atoms with Crippen molar-refractivity contribution < 1.29 is 132 Å². The fraction of sp³-hybridized carbons (Fsp3) is 0.500. The normalized spacial score (nSPS) is 26.4. The molecule has 0 spiro atoms. The zero-order valence-corrected chi connectivity index (χ0v) is 87.1. The van der Waals surface area contributed by atoms with Crippen molar-refractivity contribution in [2.24, 2.45) is 0 Å². The predicted molar refractivity (Wildman–Crippen MR) is 520 cm³/mol. The van der Waals surface area contributed by atoms with E-state index >= 15 is 0 Å². The first-order chi connectivity index (χ1) is 67.3. The lowest BCUT2D eigenvalue weighted by Gasteiger charge is -2.26. The Labute approximate surface area is 842 Å². The van der Waals surface area contributed by atoms with E-state index in [0.29, 0.717) is 0 Å². The zero-order chi connectivity index (χ0) is 107. The molecular weight excluding hydrogens is 2070 g/mol. The summed E-state index contributed by atoms with van der Waals surface area (Å²) < 4.78 is 147. The lowest BCUT2D eigenvalue weighted by atomic mass is 10.0. The average molecular weight is 2180 g/mol. The molecule has 0 amide bonds.